The average Bonchev–Trinajstić information content (AvgIpc) is 3.04. The van der Waals surface area contributed by atoms with Gasteiger partial charge in [-0.3, -0.25) is 10.1 Å². The van der Waals surface area contributed by atoms with Gasteiger partial charge in [0.1, 0.15) is 0 Å². The molecule has 0 atom stereocenters. The second-order valence-corrected chi connectivity index (χ2v) is 4.49. The van der Waals surface area contributed by atoms with Crippen LogP contribution >= 0.6 is 11.6 Å². The molecule has 1 aromatic carbocycles. The van der Waals surface area contributed by atoms with Crippen LogP contribution in [0.3, 0.4) is 0 Å². The molecule has 1 N–H and O–H groups in total. The summed E-state index contributed by atoms with van der Waals surface area (Å²) >= 11 is 5.94. The van der Waals surface area contributed by atoms with Gasteiger partial charge in [-0.25, -0.2) is 0 Å². The van der Waals surface area contributed by atoms with Gasteiger partial charge >= 0.3 is 0 Å². The molecule has 1 aliphatic carbocycles. The number of rotatable bonds is 5. The molecule has 0 aromatic heterocycles. The summed E-state index contributed by atoms with van der Waals surface area (Å²) in [5, 5.41) is 14.1. The van der Waals surface area contributed by atoms with Crippen molar-refractivity contribution in [3.8, 4) is 0 Å². The van der Waals surface area contributed by atoms with E-state index in [1.165, 1.54) is 25.0 Å². The molecule has 1 aromatic rings. The molecule has 0 radical (unpaired) electrons. The van der Waals surface area contributed by atoms with Crippen LogP contribution in [0.1, 0.15) is 19.3 Å². The molecule has 16 heavy (non-hydrogen) atoms. The molecule has 0 spiro atoms. The highest BCUT2D eigenvalue weighted by molar-refractivity contribution is 6.33. The largest absolute Gasteiger partial charge is 0.384 e. The second-order valence-electron chi connectivity index (χ2n) is 4.08. The highest BCUT2D eigenvalue weighted by Crippen LogP contribution is 2.32. The van der Waals surface area contributed by atoms with Gasteiger partial charge in [-0.05, 0) is 18.4 Å². The van der Waals surface area contributed by atoms with Crippen LogP contribution in [-0.4, -0.2) is 11.5 Å². The number of halogens is 1. The number of nitro benzene ring substituents is 1. The molecule has 0 amide bonds. The van der Waals surface area contributed by atoms with Gasteiger partial charge in [-0.15, -0.1) is 0 Å². The minimum Gasteiger partial charge on any atom is -0.384 e. The molecular formula is C11H13ClN2O2. The first-order valence-electron chi connectivity index (χ1n) is 5.34. The Hall–Kier alpha value is -1.29. The van der Waals surface area contributed by atoms with E-state index >= 15 is 0 Å². The Morgan fingerprint density at radius 2 is 2.25 bits per heavy atom. The number of nitrogens with one attached hydrogen (secondary N) is 1. The Morgan fingerprint density at radius 1 is 1.50 bits per heavy atom. The van der Waals surface area contributed by atoms with Crippen LogP contribution in [0, 0.1) is 16.0 Å². The zero-order valence-corrected chi connectivity index (χ0v) is 9.54. The van der Waals surface area contributed by atoms with Crippen LogP contribution in [0.4, 0.5) is 11.4 Å². The van der Waals surface area contributed by atoms with Crippen molar-refractivity contribution in [1.82, 2.24) is 0 Å². The third-order valence-electron chi connectivity index (χ3n) is 2.73. The SMILES string of the molecule is O=[N+]([O-])c1ccc(NCCC2CC2)c(Cl)c1. The molecule has 1 saturated carbocycles. The monoisotopic (exact) mass is 240 g/mol. The summed E-state index contributed by atoms with van der Waals surface area (Å²) in [4.78, 5) is 10.1. The lowest BCUT2D eigenvalue weighted by atomic mass is 10.2. The van der Waals surface area contributed by atoms with Crippen LogP contribution in [0.15, 0.2) is 18.2 Å². The van der Waals surface area contributed by atoms with E-state index in [-0.39, 0.29) is 5.69 Å². The molecule has 0 bridgehead atoms. The molecule has 0 heterocycles. The summed E-state index contributed by atoms with van der Waals surface area (Å²) in [6, 6.07) is 4.50. The van der Waals surface area contributed by atoms with E-state index in [1.54, 1.807) is 6.07 Å². The molecule has 0 aliphatic heterocycles. The normalized spacial score (nSPS) is 14.8. The standard InChI is InChI=1S/C11H13ClN2O2/c12-10-7-9(14(15)16)3-4-11(10)13-6-5-8-1-2-8/h3-4,7-8,13H,1-2,5-6H2. The molecule has 5 heteroatoms. The third-order valence-corrected chi connectivity index (χ3v) is 3.04. The summed E-state index contributed by atoms with van der Waals surface area (Å²) in [6.45, 7) is 0.877. The van der Waals surface area contributed by atoms with Crippen molar-refractivity contribution >= 4 is 23.0 Å². The first kappa shape index (κ1) is 11.2. The maximum Gasteiger partial charge on any atom is 0.271 e. The summed E-state index contributed by atoms with van der Waals surface area (Å²) in [6.07, 6.45) is 3.80. The van der Waals surface area contributed by atoms with E-state index in [0.717, 1.165) is 24.6 Å². The first-order valence-corrected chi connectivity index (χ1v) is 5.72. The summed E-state index contributed by atoms with van der Waals surface area (Å²) in [5.74, 6) is 0.865. The highest BCUT2D eigenvalue weighted by atomic mass is 35.5. The molecule has 86 valence electrons. The molecule has 2 rings (SSSR count). The predicted octanol–water partition coefficient (Wildman–Crippen LogP) is 3.46. The van der Waals surface area contributed by atoms with Gasteiger partial charge in [0.25, 0.3) is 5.69 Å². The number of hydrogen-bond acceptors (Lipinski definition) is 3. The summed E-state index contributed by atoms with van der Waals surface area (Å²) in [5.41, 5.74) is 0.797. The Morgan fingerprint density at radius 3 is 2.81 bits per heavy atom. The van der Waals surface area contributed by atoms with Gasteiger partial charge in [-0.2, -0.15) is 0 Å². The zero-order chi connectivity index (χ0) is 11.5. The van der Waals surface area contributed by atoms with Crippen molar-refractivity contribution < 1.29 is 4.92 Å². The Kier molecular flexibility index (Phi) is 3.29. The second kappa shape index (κ2) is 4.70. The van der Waals surface area contributed by atoms with Gasteiger partial charge < -0.3 is 5.32 Å². The van der Waals surface area contributed by atoms with Crippen LogP contribution in [0.5, 0.6) is 0 Å². The summed E-state index contributed by atoms with van der Waals surface area (Å²) < 4.78 is 0. The van der Waals surface area contributed by atoms with Crippen LogP contribution in [-0.2, 0) is 0 Å². The Bertz CT molecular complexity index is 405. The molecule has 0 unspecified atom stereocenters. The molecule has 0 saturated heterocycles. The van der Waals surface area contributed by atoms with Gasteiger partial charge in [0.15, 0.2) is 0 Å². The van der Waals surface area contributed by atoms with Gasteiger partial charge in [0.05, 0.1) is 15.6 Å². The number of non-ortho nitro benzene ring substituents is 1. The first-order chi connectivity index (χ1) is 7.66. The maximum absolute atomic E-state index is 10.5. The van der Waals surface area contributed by atoms with Crippen molar-refractivity contribution in [3.63, 3.8) is 0 Å². The van der Waals surface area contributed by atoms with Gasteiger partial charge in [-0.1, -0.05) is 24.4 Å². The van der Waals surface area contributed by atoms with E-state index in [4.69, 9.17) is 11.6 Å². The number of benzene rings is 1. The Labute approximate surface area is 98.8 Å². The fraction of sp³-hybridized carbons (Fsp3) is 0.455. The quantitative estimate of drug-likeness (QED) is 0.633. The van der Waals surface area contributed by atoms with Crippen molar-refractivity contribution in [1.29, 1.82) is 0 Å². The number of nitro groups is 1. The predicted molar refractivity (Wildman–Crippen MR) is 63.9 cm³/mol. The summed E-state index contributed by atoms with van der Waals surface area (Å²) in [7, 11) is 0. The van der Waals surface area contributed by atoms with E-state index in [9.17, 15) is 10.1 Å². The van der Waals surface area contributed by atoms with E-state index < -0.39 is 4.92 Å². The van der Waals surface area contributed by atoms with Gasteiger partial charge in [0, 0.05) is 18.7 Å². The highest BCUT2D eigenvalue weighted by Gasteiger charge is 2.20. The van der Waals surface area contributed by atoms with Crippen molar-refractivity contribution in [2.75, 3.05) is 11.9 Å². The number of anilines is 1. The lowest BCUT2D eigenvalue weighted by Crippen LogP contribution is -2.02. The number of hydrogen-bond donors (Lipinski definition) is 1. The fourth-order valence-electron chi connectivity index (χ4n) is 1.58. The van der Waals surface area contributed by atoms with Crippen molar-refractivity contribution in [2.45, 2.75) is 19.3 Å². The van der Waals surface area contributed by atoms with E-state index in [1.807, 2.05) is 0 Å². The smallest absolute Gasteiger partial charge is 0.271 e. The molecular weight excluding hydrogens is 228 g/mol. The van der Waals surface area contributed by atoms with Crippen LogP contribution < -0.4 is 5.32 Å². The lowest BCUT2D eigenvalue weighted by Gasteiger charge is -2.07. The zero-order valence-electron chi connectivity index (χ0n) is 8.78. The van der Waals surface area contributed by atoms with Crippen molar-refractivity contribution in [3.05, 3.63) is 33.3 Å². The third kappa shape index (κ3) is 2.85. The molecule has 1 aliphatic rings. The minimum atomic E-state index is -0.445. The lowest BCUT2D eigenvalue weighted by molar-refractivity contribution is -0.384. The molecule has 4 nitrogen and oxygen atoms in total. The molecule has 1 fully saturated rings. The van der Waals surface area contributed by atoms with Crippen LogP contribution in [0.2, 0.25) is 5.02 Å². The topological polar surface area (TPSA) is 55.2 Å². The van der Waals surface area contributed by atoms with E-state index in [2.05, 4.69) is 5.32 Å². The average molecular weight is 241 g/mol. The van der Waals surface area contributed by atoms with Crippen LogP contribution in [0.25, 0.3) is 0 Å². The van der Waals surface area contributed by atoms with Gasteiger partial charge in [0.2, 0.25) is 0 Å². The maximum atomic E-state index is 10.5. The minimum absolute atomic E-state index is 0.0257. The Balaban J connectivity index is 1.95. The van der Waals surface area contributed by atoms with E-state index in [0.29, 0.717) is 5.02 Å². The number of nitrogens with zero attached hydrogens (tertiary/aromatic N) is 1. The van der Waals surface area contributed by atoms with Crippen molar-refractivity contribution in [2.24, 2.45) is 5.92 Å². The fourth-order valence-corrected chi connectivity index (χ4v) is 1.82.